The van der Waals surface area contributed by atoms with Crippen LogP contribution in [0, 0.1) is 0 Å². The molecule has 0 unspecified atom stereocenters. The Hall–Kier alpha value is 0.180. The molecule has 0 rings (SSSR count). The molecule has 0 aromatic heterocycles. The molecule has 0 aliphatic carbocycles. The summed E-state index contributed by atoms with van der Waals surface area (Å²) in [6.45, 7) is 2.14. The van der Waals surface area contributed by atoms with Crippen molar-refractivity contribution in [1.29, 1.82) is 0 Å². The Morgan fingerprint density at radius 3 is 2.50 bits per heavy atom. The maximum absolute atomic E-state index is 8.57. The Balaban J connectivity index is 3.38. The first-order valence-electron chi connectivity index (χ1n) is 2.66. The van der Waals surface area contributed by atoms with Crippen LogP contribution in [0.3, 0.4) is 0 Å². The molecule has 0 saturated carbocycles. The summed E-state index contributed by atoms with van der Waals surface area (Å²) >= 11 is 3.28. The first kappa shape index (κ1) is 8.18. The van der Waals surface area contributed by atoms with E-state index in [1.165, 1.54) is 0 Å². The number of hydrogen-bond donors (Lipinski definition) is 1. The molecular weight excluding hydrogens is 168 g/mol. The minimum atomic E-state index is 0.197. The Bertz CT molecular complexity index is 78.6. The maximum Gasteiger partial charge on any atom is 0.0641 e. The Morgan fingerprint density at radius 1 is 1.75 bits per heavy atom. The lowest BCUT2D eigenvalue weighted by atomic mass is 10.2. The highest BCUT2D eigenvalue weighted by Crippen LogP contribution is 2.01. The van der Waals surface area contributed by atoms with E-state index in [-0.39, 0.29) is 6.61 Å². The lowest BCUT2D eigenvalue weighted by Crippen LogP contribution is -1.89. The van der Waals surface area contributed by atoms with Crippen LogP contribution in [0.2, 0.25) is 0 Å². The van der Waals surface area contributed by atoms with Gasteiger partial charge in [0.15, 0.2) is 0 Å². The summed E-state index contributed by atoms with van der Waals surface area (Å²) in [4.78, 5) is 0. The molecule has 0 aromatic carbocycles. The van der Waals surface area contributed by atoms with Gasteiger partial charge in [-0.1, -0.05) is 22.0 Å². The van der Waals surface area contributed by atoms with E-state index in [9.17, 15) is 0 Å². The van der Waals surface area contributed by atoms with E-state index in [1.54, 1.807) is 0 Å². The van der Waals surface area contributed by atoms with E-state index in [1.807, 2.05) is 13.0 Å². The summed E-state index contributed by atoms with van der Waals surface area (Å²) < 4.78 is 0. The van der Waals surface area contributed by atoms with Gasteiger partial charge in [0, 0.05) is 5.33 Å². The van der Waals surface area contributed by atoms with Crippen LogP contribution in [0.25, 0.3) is 0 Å². The Kier molecular flexibility index (Phi) is 5.44. The van der Waals surface area contributed by atoms with Crippen LogP contribution in [0.1, 0.15) is 13.3 Å². The van der Waals surface area contributed by atoms with Crippen molar-refractivity contribution in [3.8, 4) is 0 Å². The first-order chi connectivity index (χ1) is 3.85. The third kappa shape index (κ3) is 3.22. The predicted octanol–water partition coefficient (Wildman–Crippen LogP) is 1.71. The van der Waals surface area contributed by atoms with Crippen molar-refractivity contribution in [2.24, 2.45) is 0 Å². The average Bonchev–Trinajstić information content (AvgIpc) is 1.83. The SMILES string of the molecule is CC=C(CO)CCBr. The van der Waals surface area contributed by atoms with E-state index in [2.05, 4.69) is 15.9 Å². The van der Waals surface area contributed by atoms with Gasteiger partial charge in [0.05, 0.1) is 6.61 Å². The maximum atomic E-state index is 8.57. The van der Waals surface area contributed by atoms with Crippen LogP contribution >= 0.6 is 15.9 Å². The topological polar surface area (TPSA) is 20.2 Å². The number of allylic oxidation sites excluding steroid dienone is 1. The fourth-order valence-electron chi connectivity index (χ4n) is 0.436. The zero-order valence-corrected chi connectivity index (χ0v) is 6.61. The second-order valence-electron chi connectivity index (χ2n) is 1.54. The molecule has 0 saturated heterocycles. The normalized spacial score (nSPS) is 12.1. The van der Waals surface area contributed by atoms with Gasteiger partial charge in [-0.15, -0.1) is 0 Å². The number of aliphatic hydroxyl groups is 1. The molecule has 2 heteroatoms. The average molecular weight is 179 g/mol. The van der Waals surface area contributed by atoms with Gasteiger partial charge in [0.25, 0.3) is 0 Å². The number of halogens is 1. The van der Waals surface area contributed by atoms with Crippen LogP contribution in [0.15, 0.2) is 11.6 Å². The van der Waals surface area contributed by atoms with Gasteiger partial charge >= 0.3 is 0 Å². The predicted molar refractivity (Wildman–Crippen MR) is 39.3 cm³/mol. The van der Waals surface area contributed by atoms with E-state index in [0.29, 0.717) is 0 Å². The molecule has 0 atom stereocenters. The van der Waals surface area contributed by atoms with Crippen molar-refractivity contribution < 1.29 is 5.11 Å². The summed E-state index contributed by atoms with van der Waals surface area (Å²) in [7, 11) is 0. The highest BCUT2D eigenvalue weighted by Gasteiger charge is 1.88. The third-order valence-electron chi connectivity index (χ3n) is 1.03. The lowest BCUT2D eigenvalue weighted by Gasteiger charge is -1.95. The van der Waals surface area contributed by atoms with Crippen LogP contribution in [0.4, 0.5) is 0 Å². The lowest BCUT2D eigenvalue weighted by molar-refractivity contribution is 0.328. The fraction of sp³-hybridized carbons (Fsp3) is 0.667. The van der Waals surface area contributed by atoms with Crippen molar-refractivity contribution in [3.63, 3.8) is 0 Å². The van der Waals surface area contributed by atoms with Crippen LogP contribution in [-0.2, 0) is 0 Å². The van der Waals surface area contributed by atoms with E-state index >= 15 is 0 Å². The third-order valence-corrected chi connectivity index (χ3v) is 1.42. The zero-order valence-electron chi connectivity index (χ0n) is 5.02. The molecule has 1 nitrogen and oxygen atoms in total. The summed E-state index contributed by atoms with van der Waals surface area (Å²) in [5, 5.41) is 9.51. The zero-order chi connectivity index (χ0) is 6.41. The summed E-state index contributed by atoms with van der Waals surface area (Å²) in [6, 6.07) is 0. The molecule has 0 amide bonds. The summed E-state index contributed by atoms with van der Waals surface area (Å²) in [6.07, 6.45) is 2.90. The minimum absolute atomic E-state index is 0.197. The molecule has 0 aliphatic heterocycles. The highest BCUT2D eigenvalue weighted by atomic mass is 79.9. The van der Waals surface area contributed by atoms with Gasteiger partial charge in [-0.2, -0.15) is 0 Å². The smallest absolute Gasteiger partial charge is 0.0641 e. The van der Waals surface area contributed by atoms with Crippen molar-refractivity contribution in [1.82, 2.24) is 0 Å². The molecule has 0 fully saturated rings. The fourth-order valence-corrected chi connectivity index (χ4v) is 0.945. The molecule has 0 bridgehead atoms. The molecule has 0 radical (unpaired) electrons. The van der Waals surface area contributed by atoms with Gasteiger partial charge < -0.3 is 5.11 Å². The van der Waals surface area contributed by atoms with Crippen LogP contribution in [-0.4, -0.2) is 17.0 Å². The molecular formula is C6H11BrO. The van der Waals surface area contributed by atoms with Crippen LogP contribution < -0.4 is 0 Å². The molecule has 0 spiro atoms. The first-order valence-corrected chi connectivity index (χ1v) is 3.78. The van der Waals surface area contributed by atoms with Crippen molar-refractivity contribution in [2.45, 2.75) is 13.3 Å². The van der Waals surface area contributed by atoms with Gasteiger partial charge in [0.2, 0.25) is 0 Å². The van der Waals surface area contributed by atoms with Crippen molar-refractivity contribution >= 4 is 15.9 Å². The van der Waals surface area contributed by atoms with Crippen LogP contribution in [0.5, 0.6) is 0 Å². The van der Waals surface area contributed by atoms with Crippen molar-refractivity contribution in [3.05, 3.63) is 11.6 Å². The second kappa shape index (κ2) is 5.32. The van der Waals surface area contributed by atoms with E-state index < -0.39 is 0 Å². The number of rotatable bonds is 3. The molecule has 1 N–H and O–H groups in total. The van der Waals surface area contributed by atoms with Crippen molar-refractivity contribution in [2.75, 3.05) is 11.9 Å². The molecule has 48 valence electrons. The van der Waals surface area contributed by atoms with Gasteiger partial charge in [-0.25, -0.2) is 0 Å². The standard InChI is InChI=1S/C6H11BrO/c1-2-6(5-8)3-4-7/h2,8H,3-5H2,1H3. The second-order valence-corrected chi connectivity index (χ2v) is 2.34. The summed E-state index contributed by atoms with van der Waals surface area (Å²) in [5.74, 6) is 0. The number of aliphatic hydroxyl groups excluding tert-OH is 1. The molecule has 0 aromatic rings. The summed E-state index contributed by atoms with van der Waals surface area (Å²) in [5.41, 5.74) is 1.10. The van der Waals surface area contributed by atoms with Gasteiger partial charge in [-0.05, 0) is 18.9 Å². The Morgan fingerprint density at radius 2 is 2.38 bits per heavy atom. The highest BCUT2D eigenvalue weighted by molar-refractivity contribution is 9.09. The quantitative estimate of drug-likeness (QED) is 0.516. The monoisotopic (exact) mass is 178 g/mol. The minimum Gasteiger partial charge on any atom is -0.392 e. The van der Waals surface area contributed by atoms with Gasteiger partial charge in [0.1, 0.15) is 0 Å². The number of alkyl halides is 1. The Labute approximate surface area is 58.5 Å². The molecule has 0 heterocycles. The molecule has 8 heavy (non-hydrogen) atoms. The van der Waals surface area contributed by atoms with E-state index in [0.717, 1.165) is 17.3 Å². The molecule has 0 aliphatic rings. The largest absolute Gasteiger partial charge is 0.392 e. The number of hydrogen-bond acceptors (Lipinski definition) is 1. The van der Waals surface area contributed by atoms with Gasteiger partial charge in [-0.3, -0.25) is 0 Å². The van der Waals surface area contributed by atoms with E-state index in [4.69, 9.17) is 5.11 Å².